The van der Waals surface area contributed by atoms with Crippen molar-refractivity contribution in [3.63, 3.8) is 0 Å². The van der Waals surface area contributed by atoms with Crippen LogP contribution in [0.3, 0.4) is 0 Å². The largest absolute Gasteiger partial charge is 0.234 e. The summed E-state index contributed by atoms with van der Waals surface area (Å²) in [7, 11) is 1.61. The van der Waals surface area contributed by atoms with Crippen LogP contribution in [0.4, 0.5) is 0 Å². The fraction of sp³-hybridized carbons (Fsp3) is 0.500. The molecule has 7 heavy (non-hydrogen) atoms. The quantitative estimate of drug-likeness (QED) is 0.389. The second-order valence-electron chi connectivity index (χ2n) is 0.972. The van der Waals surface area contributed by atoms with Crippen LogP contribution in [0.5, 0.6) is 0 Å². The Labute approximate surface area is 51.5 Å². The minimum Gasteiger partial charge on any atom is -0.234 e. The van der Waals surface area contributed by atoms with Crippen molar-refractivity contribution in [1.82, 2.24) is 0 Å². The minimum absolute atomic E-state index is 0.823. The zero-order chi connectivity index (χ0) is 5.28. The van der Waals surface area contributed by atoms with Gasteiger partial charge in [-0.25, -0.2) is 4.21 Å². The Hall–Kier alpha value is 0.520. The van der Waals surface area contributed by atoms with Crippen LogP contribution in [0.1, 0.15) is 6.92 Å². The fourth-order valence-electron chi connectivity index (χ4n) is 0.212. The Balaban J connectivity index is 2.58. The molecular weight excluding hydrogens is 150 g/mol. The standard InChI is InChI=1S/C2H3NOS3/c1-2-3-6-7(4)5-2/h1H3. The van der Waals surface area contributed by atoms with Crippen molar-refractivity contribution in [3.05, 3.63) is 0 Å². The molecule has 2 nitrogen and oxygen atoms in total. The first kappa shape index (κ1) is 5.65. The van der Waals surface area contributed by atoms with Crippen molar-refractivity contribution in [3.8, 4) is 0 Å². The van der Waals surface area contributed by atoms with Gasteiger partial charge in [-0.3, -0.25) is 0 Å². The lowest BCUT2D eigenvalue weighted by Gasteiger charge is -1.75. The van der Waals surface area contributed by atoms with Gasteiger partial charge in [-0.05, 0) is 6.92 Å². The molecule has 1 rings (SSSR count). The van der Waals surface area contributed by atoms with Crippen LogP contribution in [0.2, 0.25) is 0 Å². The van der Waals surface area contributed by atoms with Gasteiger partial charge >= 0.3 is 0 Å². The summed E-state index contributed by atoms with van der Waals surface area (Å²) < 4.78 is 14.2. The van der Waals surface area contributed by atoms with Crippen molar-refractivity contribution in [1.29, 1.82) is 0 Å². The molecule has 0 saturated carbocycles. The summed E-state index contributed by atoms with van der Waals surface area (Å²) in [6.07, 6.45) is 0. The van der Waals surface area contributed by atoms with Crippen LogP contribution in [0.15, 0.2) is 4.40 Å². The van der Waals surface area contributed by atoms with Crippen molar-refractivity contribution in [2.45, 2.75) is 6.92 Å². The van der Waals surface area contributed by atoms with E-state index >= 15 is 0 Å². The van der Waals surface area contributed by atoms with Gasteiger partial charge < -0.3 is 0 Å². The van der Waals surface area contributed by atoms with E-state index < -0.39 is 8.86 Å². The number of nitrogens with zero attached hydrogens (tertiary/aromatic N) is 1. The van der Waals surface area contributed by atoms with Gasteiger partial charge in [0.05, 0.1) is 16.0 Å². The Bertz CT molecular complexity index is 131. The van der Waals surface area contributed by atoms with Gasteiger partial charge in [0.1, 0.15) is 0 Å². The van der Waals surface area contributed by atoms with Crippen molar-refractivity contribution in [2.24, 2.45) is 4.40 Å². The molecule has 1 aliphatic rings. The van der Waals surface area contributed by atoms with Gasteiger partial charge in [-0.1, -0.05) is 0 Å². The van der Waals surface area contributed by atoms with E-state index in [4.69, 9.17) is 0 Å². The molecule has 5 heteroatoms. The summed E-state index contributed by atoms with van der Waals surface area (Å²) in [4.78, 5) is 0. The van der Waals surface area contributed by atoms with E-state index in [9.17, 15) is 4.21 Å². The summed E-state index contributed by atoms with van der Waals surface area (Å²) in [5, 5.41) is 0.906. The van der Waals surface area contributed by atoms with Gasteiger partial charge in [-0.15, -0.1) is 0 Å². The average molecular weight is 153 g/mol. The normalized spacial score (nSPS) is 30.4. The smallest absolute Gasteiger partial charge is 0.170 e. The highest BCUT2D eigenvalue weighted by Gasteiger charge is 2.10. The van der Waals surface area contributed by atoms with Crippen LogP contribution < -0.4 is 0 Å². The van der Waals surface area contributed by atoms with Gasteiger partial charge in [0.2, 0.25) is 0 Å². The molecule has 0 aromatic rings. The third-order valence-corrected chi connectivity index (χ3v) is 4.35. The first-order valence-corrected chi connectivity index (χ1v) is 5.38. The van der Waals surface area contributed by atoms with Gasteiger partial charge in [-0.2, -0.15) is 4.40 Å². The predicted molar refractivity (Wildman–Crippen MR) is 36.4 cm³/mol. The maximum Gasteiger partial charge on any atom is 0.170 e. The summed E-state index contributed by atoms with van der Waals surface area (Å²) in [6, 6.07) is 0. The molecule has 1 heterocycles. The molecule has 0 amide bonds. The fourth-order valence-corrected chi connectivity index (χ4v) is 3.89. The van der Waals surface area contributed by atoms with Gasteiger partial charge in [0, 0.05) is 10.8 Å². The lowest BCUT2D eigenvalue weighted by molar-refractivity contribution is 0.699. The second kappa shape index (κ2) is 2.19. The van der Waals surface area contributed by atoms with Crippen LogP contribution in [0.25, 0.3) is 0 Å². The van der Waals surface area contributed by atoms with Crippen molar-refractivity contribution in [2.75, 3.05) is 0 Å². The monoisotopic (exact) mass is 153 g/mol. The van der Waals surface area contributed by atoms with E-state index in [0.29, 0.717) is 0 Å². The Morgan fingerprint density at radius 2 is 2.57 bits per heavy atom. The molecule has 0 aromatic carbocycles. The summed E-state index contributed by atoms with van der Waals surface area (Å²) >= 11 is 0. The predicted octanol–water partition coefficient (Wildman–Crippen LogP) is 1.38. The minimum atomic E-state index is -0.823. The lowest BCUT2D eigenvalue weighted by Crippen LogP contribution is -1.71. The van der Waals surface area contributed by atoms with Crippen molar-refractivity contribution < 1.29 is 4.21 Å². The highest BCUT2D eigenvalue weighted by molar-refractivity contribution is 9.06. The molecule has 0 spiro atoms. The molecular formula is C2H3NOS3. The molecule has 0 bridgehead atoms. The molecule has 0 N–H and O–H groups in total. The van der Waals surface area contributed by atoms with Crippen molar-refractivity contribution >= 4 is 35.7 Å². The molecule has 0 aromatic heterocycles. The van der Waals surface area contributed by atoms with Crippen LogP contribution in [-0.2, 0) is 8.86 Å². The van der Waals surface area contributed by atoms with E-state index in [1.807, 2.05) is 6.92 Å². The maximum absolute atomic E-state index is 10.4. The van der Waals surface area contributed by atoms with Crippen LogP contribution in [0, 0.1) is 0 Å². The highest BCUT2D eigenvalue weighted by atomic mass is 33.5. The first-order chi connectivity index (χ1) is 3.29. The number of hydrogen-bond acceptors (Lipinski definition) is 4. The van der Waals surface area contributed by atoms with E-state index in [2.05, 4.69) is 4.40 Å². The SMILES string of the molecule is CC1=NSS(=O)S1. The summed E-state index contributed by atoms with van der Waals surface area (Å²) in [6.45, 7) is 1.85. The zero-order valence-corrected chi connectivity index (χ0v) is 6.03. The van der Waals surface area contributed by atoms with E-state index in [1.165, 1.54) is 10.8 Å². The van der Waals surface area contributed by atoms with Gasteiger partial charge in [0.25, 0.3) is 0 Å². The molecule has 0 saturated heterocycles. The third-order valence-electron chi connectivity index (χ3n) is 0.415. The van der Waals surface area contributed by atoms with E-state index in [-0.39, 0.29) is 0 Å². The maximum atomic E-state index is 10.4. The van der Waals surface area contributed by atoms with Gasteiger partial charge in [0.15, 0.2) is 8.86 Å². The number of hydrogen-bond donors (Lipinski definition) is 0. The van der Waals surface area contributed by atoms with Crippen LogP contribution >= 0.6 is 21.8 Å². The summed E-state index contributed by atoms with van der Waals surface area (Å²) in [5.41, 5.74) is 0. The molecule has 40 valence electrons. The molecule has 0 radical (unpaired) electrons. The molecule has 1 unspecified atom stereocenters. The first-order valence-electron chi connectivity index (χ1n) is 1.61. The molecule has 0 aliphatic carbocycles. The molecule has 1 atom stereocenters. The Kier molecular flexibility index (Phi) is 1.77. The average Bonchev–Trinajstić information content (AvgIpc) is 1.87. The van der Waals surface area contributed by atoms with E-state index in [1.54, 1.807) is 0 Å². The van der Waals surface area contributed by atoms with E-state index in [0.717, 1.165) is 16.0 Å². The number of rotatable bonds is 0. The molecule has 1 aliphatic heterocycles. The molecule has 0 fully saturated rings. The Morgan fingerprint density at radius 3 is 2.71 bits per heavy atom. The second-order valence-corrected chi connectivity index (χ2v) is 5.87. The van der Waals surface area contributed by atoms with Crippen LogP contribution in [-0.4, -0.2) is 9.25 Å². The lowest BCUT2D eigenvalue weighted by atomic mass is 10.9. The topological polar surface area (TPSA) is 29.4 Å². The zero-order valence-electron chi connectivity index (χ0n) is 3.58. The Morgan fingerprint density at radius 1 is 1.86 bits per heavy atom. The highest BCUT2D eigenvalue weighted by Crippen LogP contribution is 2.31. The summed E-state index contributed by atoms with van der Waals surface area (Å²) in [5.74, 6) is 0. The third kappa shape index (κ3) is 1.47.